The summed E-state index contributed by atoms with van der Waals surface area (Å²) in [5, 5.41) is 3.21. The molecular weight excluding hydrogens is 268 g/mol. The summed E-state index contributed by atoms with van der Waals surface area (Å²) >= 11 is 1.73. The predicted octanol–water partition coefficient (Wildman–Crippen LogP) is 2.77. The highest BCUT2D eigenvalue weighted by atomic mass is 32.2. The zero-order valence-corrected chi connectivity index (χ0v) is 13.2. The van der Waals surface area contributed by atoms with Crippen molar-refractivity contribution in [1.82, 2.24) is 5.32 Å². The van der Waals surface area contributed by atoms with Crippen LogP contribution in [0.2, 0.25) is 0 Å². The molecule has 2 atom stereocenters. The van der Waals surface area contributed by atoms with Crippen LogP contribution in [0, 0.1) is 5.92 Å². The first kappa shape index (κ1) is 15.2. The van der Waals surface area contributed by atoms with Gasteiger partial charge in [-0.15, -0.1) is 0 Å². The molecule has 0 saturated carbocycles. The molecule has 0 spiro atoms. The molecule has 1 aliphatic heterocycles. The number of carbonyl (C=O) groups excluding carboxylic acids is 1. The molecule has 1 saturated heterocycles. The summed E-state index contributed by atoms with van der Waals surface area (Å²) in [4.78, 5) is 14.5. The van der Waals surface area contributed by atoms with Crippen molar-refractivity contribution in [3.05, 3.63) is 30.3 Å². The van der Waals surface area contributed by atoms with Crippen LogP contribution >= 0.6 is 11.8 Å². The molecule has 2 unspecified atom stereocenters. The van der Waals surface area contributed by atoms with Crippen molar-refractivity contribution in [3.63, 3.8) is 0 Å². The Balaban J connectivity index is 1.89. The van der Waals surface area contributed by atoms with Gasteiger partial charge in [0.1, 0.15) is 0 Å². The lowest BCUT2D eigenvalue weighted by Gasteiger charge is -2.35. The molecule has 1 aromatic rings. The fourth-order valence-electron chi connectivity index (χ4n) is 2.64. The number of carbonyl (C=O) groups is 1. The lowest BCUT2D eigenvalue weighted by Crippen LogP contribution is -2.49. The van der Waals surface area contributed by atoms with Gasteiger partial charge in [0.2, 0.25) is 5.91 Å². The van der Waals surface area contributed by atoms with E-state index in [0.29, 0.717) is 0 Å². The Morgan fingerprint density at radius 1 is 1.45 bits per heavy atom. The van der Waals surface area contributed by atoms with E-state index in [4.69, 9.17) is 0 Å². The van der Waals surface area contributed by atoms with Gasteiger partial charge in [-0.1, -0.05) is 25.1 Å². The van der Waals surface area contributed by atoms with E-state index in [1.54, 1.807) is 11.8 Å². The number of anilines is 1. The van der Waals surface area contributed by atoms with Crippen molar-refractivity contribution in [2.24, 2.45) is 5.92 Å². The maximum Gasteiger partial charge on any atom is 0.223 e. The Labute approximate surface area is 126 Å². The number of para-hydroxylation sites is 1. The first-order valence-electron chi connectivity index (χ1n) is 7.30. The Bertz CT molecular complexity index is 424. The van der Waals surface area contributed by atoms with Crippen molar-refractivity contribution in [3.8, 4) is 0 Å². The molecular formula is C16H24N2OS. The Hall–Kier alpha value is -1.16. The molecule has 0 bridgehead atoms. The summed E-state index contributed by atoms with van der Waals surface area (Å²) in [5.41, 5.74) is 1.25. The second kappa shape index (κ2) is 7.58. The van der Waals surface area contributed by atoms with E-state index in [1.807, 2.05) is 19.2 Å². The van der Waals surface area contributed by atoms with Gasteiger partial charge in [0.05, 0.1) is 0 Å². The van der Waals surface area contributed by atoms with Crippen LogP contribution in [-0.4, -0.2) is 37.0 Å². The molecule has 2 rings (SSSR count). The summed E-state index contributed by atoms with van der Waals surface area (Å²) in [6, 6.07) is 10.7. The van der Waals surface area contributed by atoms with Crippen molar-refractivity contribution < 1.29 is 4.79 Å². The molecule has 0 radical (unpaired) electrons. The molecule has 1 N–H and O–H groups in total. The van der Waals surface area contributed by atoms with Gasteiger partial charge in [0.15, 0.2) is 0 Å². The number of thioether (sulfide) groups is 1. The molecule has 1 aliphatic rings. The second-order valence-corrected chi connectivity index (χ2v) is 6.40. The summed E-state index contributed by atoms with van der Waals surface area (Å²) in [5.74, 6) is 1.18. The van der Waals surface area contributed by atoms with Gasteiger partial charge in [-0.2, -0.15) is 11.8 Å². The van der Waals surface area contributed by atoms with E-state index in [0.717, 1.165) is 31.7 Å². The van der Waals surface area contributed by atoms with E-state index >= 15 is 0 Å². The third-order valence-corrected chi connectivity index (χ3v) is 4.59. The van der Waals surface area contributed by atoms with Crippen LogP contribution in [0.3, 0.4) is 0 Å². The van der Waals surface area contributed by atoms with Crippen molar-refractivity contribution in [1.29, 1.82) is 0 Å². The molecule has 110 valence electrons. The van der Waals surface area contributed by atoms with Crippen LogP contribution in [0.15, 0.2) is 30.3 Å². The topological polar surface area (TPSA) is 32.3 Å². The van der Waals surface area contributed by atoms with Crippen LogP contribution < -0.4 is 10.2 Å². The van der Waals surface area contributed by atoms with Crippen LogP contribution in [0.5, 0.6) is 0 Å². The molecule has 4 heteroatoms. The maximum atomic E-state index is 12.1. The standard InChI is InChI=1S/C16H24N2OS/c1-13(12-20-2)16(19)17-14-7-6-10-18(11-14)15-8-4-3-5-9-15/h3-5,8-9,13-14H,6-7,10-12H2,1-2H3,(H,17,19). The molecule has 0 aliphatic carbocycles. The van der Waals surface area contributed by atoms with Crippen molar-refractivity contribution in [2.75, 3.05) is 30.0 Å². The molecule has 3 nitrogen and oxygen atoms in total. The first-order valence-corrected chi connectivity index (χ1v) is 8.69. The smallest absolute Gasteiger partial charge is 0.223 e. The van der Waals surface area contributed by atoms with Gasteiger partial charge < -0.3 is 10.2 Å². The van der Waals surface area contributed by atoms with Gasteiger partial charge >= 0.3 is 0 Å². The second-order valence-electron chi connectivity index (χ2n) is 5.49. The maximum absolute atomic E-state index is 12.1. The molecule has 1 aromatic carbocycles. The third-order valence-electron chi connectivity index (χ3n) is 3.75. The van der Waals surface area contributed by atoms with E-state index in [1.165, 1.54) is 5.69 Å². The Morgan fingerprint density at radius 3 is 2.90 bits per heavy atom. The normalized spacial score (nSPS) is 20.5. The molecule has 20 heavy (non-hydrogen) atoms. The van der Waals surface area contributed by atoms with Crippen LogP contribution in [0.1, 0.15) is 19.8 Å². The first-order chi connectivity index (χ1) is 9.70. The number of piperidine rings is 1. The number of benzene rings is 1. The van der Waals surface area contributed by atoms with E-state index in [9.17, 15) is 4.79 Å². The van der Waals surface area contributed by atoms with Crippen molar-refractivity contribution >= 4 is 23.4 Å². The minimum absolute atomic E-state index is 0.0945. The van der Waals surface area contributed by atoms with Gasteiger partial charge in [0, 0.05) is 36.5 Å². The average molecular weight is 292 g/mol. The van der Waals surface area contributed by atoms with E-state index in [-0.39, 0.29) is 17.9 Å². The number of nitrogens with one attached hydrogen (secondary N) is 1. The van der Waals surface area contributed by atoms with E-state index in [2.05, 4.69) is 34.5 Å². The third kappa shape index (κ3) is 4.17. The Morgan fingerprint density at radius 2 is 2.20 bits per heavy atom. The highest BCUT2D eigenvalue weighted by Gasteiger charge is 2.23. The van der Waals surface area contributed by atoms with E-state index < -0.39 is 0 Å². The van der Waals surface area contributed by atoms with Gasteiger partial charge in [-0.3, -0.25) is 4.79 Å². The highest BCUT2D eigenvalue weighted by molar-refractivity contribution is 7.98. The number of hydrogen-bond donors (Lipinski definition) is 1. The molecule has 1 fully saturated rings. The fraction of sp³-hybridized carbons (Fsp3) is 0.562. The lowest BCUT2D eigenvalue weighted by atomic mass is 10.0. The number of hydrogen-bond acceptors (Lipinski definition) is 3. The van der Waals surface area contributed by atoms with Gasteiger partial charge in [-0.05, 0) is 31.2 Å². The fourth-order valence-corrected chi connectivity index (χ4v) is 3.29. The van der Waals surface area contributed by atoms with Gasteiger partial charge in [-0.25, -0.2) is 0 Å². The summed E-state index contributed by atoms with van der Waals surface area (Å²) < 4.78 is 0. The molecule has 1 amide bonds. The number of nitrogens with zero attached hydrogens (tertiary/aromatic N) is 1. The van der Waals surface area contributed by atoms with Crippen LogP contribution in [0.4, 0.5) is 5.69 Å². The monoisotopic (exact) mass is 292 g/mol. The van der Waals surface area contributed by atoms with Gasteiger partial charge in [0.25, 0.3) is 0 Å². The number of amides is 1. The lowest BCUT2D eigenvalue weighted by molar-refractivity contribution is -0.124. The SMILES string of the molecule is CSCC(C)C(=O)NC1CCCN(c2ccccc2)C1. The molecule has 1 heterocycles. The highest BCUT2D eigenvalue weighted by Crippen LogP contribution is 2.19. The molecule has 0 aromatic heterocycles. The Kier molecular flexibility index (Phi) is 5.77. The van der Waals surface area contributed by atoms with Crippen LogP contribution in [0.25, 0.3) is 0 Å². The minimum Gasteiger partial charge on any atom is -0.369 e. The zero-order valence-electron chi connectivity index (χ0n) is 12.3. The largest absolute Gasteiger partial charge is 0.369 e. The summed E-state index contributed by atoms with van der Waals surface area (Å²) in [6.07, 6.45) is 4.26. The van der Waals surface area contributed by atoms with Crippen molar-refractivity contribution in [2.45, 2.75) is 25.8 Å². The average Bonchev–Trinajstić information content (AvgIpc) is 2.48. The van der Waals surface area contributed by atoms with Crippen LogP contribution in [-0.2, 0) is 4.79 Å². The zero-order chi connectivity index (χ0) is 14.4. The quantitative estimate of drug-likeness (QED) is 0.906. The predicted molar refractivity (Wildman–Crippen MR) is 87.4 cm³/mol. The summed E-state index contributed by atoms with van der Waals surface area (Å²) in [6.45, 7) is 4.00. The summed E-state index contributed by atoms with van der Waals surface area (Å²) in [7, 11) is 0. The number of rotatable bonds is 5. The minimum atomic E-state index is 0.0945.